The van der Waals surface area contributed by atoms with Crippen LogP contribution in [-0.2, 0) is 38.5 Å². The summed E-state index contributed by atoms with van der Waals surface area (Å²) < 4.78 is 4.98. The van der Waals surface area contributed by atoms with E-state index in [9.17, 15) is 0 Å². The quantitative estimate of drug-likeness (QED) is 0.113. The Kier molecular flexibility index (Phi) is 12.7. The number of anilines is 6. The molecule has 4 nitrogen and oxygen atoms in total. The molecule has 2 aliphatic carbocycles. The molecule has 0 amide bonds. The van der Waals surface area contributed by atoms with Crippen molar-refractivity contribution in [3.05, 3.63) is 250 Å². The fraction of sp³-hybridized carbons (Fsp3) is 0.220. The second-order valence-electron chi connectivity index (χ2n) is 25.1. The summed E-state index contributed by atoms with van der Waals surface area (Å²) in [7, 11) is 0. The maximum absolute atomic E-state index is 2.76. The highest BCUT2D eigenvalue weighted by Crippen LogP contribution is 2.55. The van der Waals surface area contributed by atoms with E-state index in [0.29, 0.717) is 0 Å². The average Bonchev–Trinajstić information content (AvgIpc) is 1.01. The van der Waals surface area contributed by atoms with Crippen molar-refractivity contribution in [2.24, 2.45) is 0 Å². The molecule has 0 saturated heterocycles. The first kappa shape index (κ1) is 52.4. The SMILES string of the molecule is CCCc1cc(N(c2cccc3c2CCCC3)c2c(C)cc3c(c2C)c2ccccc2n3-c2ccccc2)c2ccc3c(CCC)cc(N(c4cccc5c4CCCC5)c4c(C)cc5c(c4C)c4ccccc4n5-c4ccccc4)c4ccc1c2c34. The fourth-order valence-electron chi connectivity index (χ4n) is 16.5. The number of nitrogens with zero attached hydrogens (tertiary/aromatic N) is 4. The molecule has 0 atom stereocenters. The van der Waals surface area contributed by atoms with Gasteiger partial charge in [0.2, 0.25) is 0 Å². The fourth-order valence-corrected chi connectivity index (χ4v) is 16.5. The van der Waals surface area contributed by atoms with Crippen molar-refractivity contribution in [3.63, 3.8) is 0 Å². The third-order valence-corrected chi connectivity index (χ3v) is 20.0. The summed E-state index contributed by atoms with van der Waals surface area (Å²) in [6.45, 7) is 14.3. The molecule has 0 saturated carbocycles. The van der Waals surface area contributed by atoms with Crippen LogP contribution in [-0.4, -0.2) is 9.13 Å². The summed E-state index contributed by atoms with van der Waals surface area (Å²) >= 11 is 0. The molecule has 2 aliphatic rings. The van der Waals surface area contributed by atoms with Gasteiger partial charge < -0.3 is 18.9 Å². The first-order chi connectivity index (χ1) is 42.3. The lowest BCUT2D eigenvalue weighted by atomic mass is 9.85. The van der Waals surface area contributed by atoms with Gasteiger partial charge in [-0.3, -0.25) is 0 Å². The summed E-state index contributed by atoms with van der Waals surface area (Å²) in [6, 6.07) is 74.8. The Morgan fingerprint density at radius 3 is 1.16 bits per heavy atom. The molecule has 0 fully saturated rings. The van der Waals surface area contributed by atoms with Crippen LogP contribution in [0.3, 0.4) is 0 Å². The van der Waals surface area contributed by atoms with Gasteiger partial charge in [0.25, 0.3) is 0 Å². The number of hydrogen-bond acceptors (Lipinski definition) is 2. The maximum atomic E-state index is 2.76. The number of fused-ring (bicyclic) bond motifs is 8. The van der Waals surface area contributed by atoms with Gasteiger partial charge in [0, 0.05) is 55.1 Å². The molecule has 12 aromatic carbocycles. The van der Waals surface area contributed by atoms with Crippen molar-refractivity contribution in [3.8, 4) is 11.4 Å². The number of aromatic nitrogens is 2. The Morgan fingerprint density at radius 2 is 0.733 bits per heavy atom. The standard InChI is InChI=1S/C82H74N4/c1-7-25-57-49-73(85(69-41-23-29-55-27-15-17-35-61(55)69)81-51(3)47-75-77(53(81)5)65-37-19-21-39-71(65)83(75)59-31-11-9-12-32-59)67-46-44-64-58(26-8-2)50-74(68-45-43-63(57)79(67)80(64)68)86(70-42-24-30-56-28-16-18-36-62(56)70)82-52(4)48-76-78(54(82)6)66-38-20-22-40-72(66)84(76)60-33-13-10-14-34-60/h9-14,19-24,29-34,37-50H,7-8,15-18,25-28,35-36H2,1-6H3. The maximum Gasteiger partial charge on any atom is 0.0547 e. The first-order valence-corrected chi connectivity index (χ1v) is 32.1. The largest absolute Gasteiger partial charge is 0.309 e. The van der Waals surface area contributed by atoms with Crippen LogP contribution in [0.15, 0.2) is 194 Å². The van der Waals surface area contributed by atoms with Crippen molar-refractivity contribution in [1.82, 2.24) is 9.13 Å². The molecular formula is C82H74N4. The summed E-state index contributed by atoms with van der Waals surface area (Å²) in [6.07, 6.45) is 13.3. The zero-order chi connectivity index (χ0) is 57.9. The van der Waals surface area contributed by atoms with Crippen molar-refractivity contribution >= 4 is 110 Å². The monoisotopic (exact) mass is 1110 g/mol. The second kappa shape index (κ2) is 20.8. The van der Waals surface area contributed by atoms with Crippen LogP contribution in [0.4, 0.5) is 34.1 Å². The Hall–Kier alpha value is -9.12. The van der Waals surface area contributed by atoms with E-state index in [1.807, 2.05) is 0 Å². The summed E-state index contributed by atoms with van der Waals surface area (Å²) in [5, 5.41) is 13.3. The van der Waals surface area contributed by atoms with E-state index >= 15 is 0 Å². The highest BCUT2D eigenvalue weighted by molar-refractivity contribution is 6.30. The first-order valence-electron chi connectivity index (χ1n) is 32.1. The summed E-state index contributed by atoms with van der Waals surface area (Å²) in [5.41, 5.74) is 29.1. The highest BCUT2D eigenvalue weighted by Gasteiger charge is 2.32. The van der Waals surface area contributed by atoms with Crippen molar-refractivity contribution < 1.29 is 0 Å². The van der Waals surface area contributed by atoms with E-state index in [1.165, 1.54) is 203 Å². The zero-order valence-corrected chi connectivity index (χ0v) is 50.7. The van der Waals surface area contributed by atoms with Crippen molar-refractivity contribution in [1.29, 1.82) is 0 Å². The molecule has 2 heterocycles. The Morgan fingerprint density at radius 1 is 0.337 bits per heavy atom. The Bertz CT molecular complexity index is 4700. The minimum Gasteiger partial charge on any atom is -0.309 e. The van der Waals surface area contributed by atoms with E-state index in [1.54, 1.807) is 0 Å². The normalized spacial score (nSPS) is 13.5. The number of benzene rings is 12. The molecule has 2 aromatic heterocycles. The lowest BCUT2D eigenvalue weighted by Crippen LogP contribution is -2.18. The predicted octanol–water partition coefficient (Wildman–Crippen LogP) is 22.6. The van der Waals surface area contributed by atoms with Crippen LogP contribution in [0, 0.1) is 27.7 Å². The van der Waals surface area contributed by atoms with Gasteiger partial charge >= 0.3 is 0 Å². The van der Waals surface area contributed by atoms with Crippen LogP contribution in [0.2, 0.25) is 0 Å². The van der Waals surface area contributed by atoms with Gasteiger partial charge in [0.1, 0.15) is 0 Å². The van der Waals surface area contributed by atoms with E-state index in [2.05, 4.69) is 255 Å². The lowest BCUT2D eigenvalue weighted by molar-refractivity contribution is 0.686. The third kappa shape index (κ3) is 7.94. The Labute approximate surface area is 505 Å². The molecule has 0 N–H and O–H groups in total. The summed E-state index contributed by atoms with van der Waals surface area (Å²) in [4.78, 5) is 5.52. The third-order valence-electron chi connectivity index (χ3n) is 20.0. The van der Waals surface area contributed by atoms with Gasteiger partial charge in [-0.25, -0.2) is 0 Å². The molecule has 14 aromatic rings. The number of hydrogen-bond donors (Lipinski definition) is 0. The molecule has 4 heteroatoms. The predicted molar refractivity (Wildman–Crippen MR) is 368 cm³/mol. The smallest absolute Gasteiger partial charge is 0.0547 e. The van der Waals surface area contributed by atoms with Crippen LogP contribution < -0.4 is 9.80 Å². The molecule has 16 rings (SSSR count). The molecule has 0 radical (unpaired) electrons. The molecule has 0 bridgehead atoms. The van der Waals surface area contributed by atoms with E-state index < -0.39 is 0 Å². The van der Waals surface area contributed by atoms with E-state index in [0.717, 1.165) is 51.4 Å². The van der Waals surface area contributed by atoms with Gasteiger partial charge in [-0.2, -0.15) is 0 Å². The molecule has 0 spiro atoms. The van der Waals surface area contributed by atoms with Crippen LogP contribution in [0.5, 0.6) is 0 Å². The lowest BCUT2D eigenvalue weighted by Gasteiger charge is -2.35. The number of aryl methyl sites for hydroxylation is 8. The minimum atomic E-state index is 0.982. The summed E-state index contributed by atoms with van der Waals surface area (Å²) in [5.74, 6) is 0. The minimum absolute atomic E-state index is 0.982. The molecule has 422 valence electrons. The molecule has 0 unspecified atom stereocenters. The van der Waals surface area contributed by atoms with Crippen LogP contribution in [0.1, 0.15) is 108 Å². The topological polar surface area (TPSA) is 16.3 Å². The Balaban J connectivity index is 1.02. The van der Waals surface area contributed by atoms with E-state index in [-0.39, 0.29) is 0 Å². The van der Waals surface area contributed by atoms with Gasteiger partial charge in [-0.15, -0.1) is 0 Å². The zero-order valence-electron chi connectivity index (χ0n) is 50.7. The van der Waals surface area contributed by atoms with Crippen molar-refractivity contribution in [2.75, 3.05) is 9.80 Å². The van der Waals surface area contributed by atoms with E-state index in [4.69, 9.17) is 0 Å². The van der Waals surface area contributed by atoms with Crippen molar-refractivity contribution in [2.45, 2.75) is 119 Å². The van der Waals surface area contributed by atoms with Crippen LogP contribution in [0.25, 0.3) is 87.3 Å². The van der Waals surface area contributed by atoms with Crippen LogP contribution >= 0.6 is 0 Å². The van der Waals surface area contributed by atoms with Gasteiger partial charge in [-0.05, 0) is 242 Å². The van der Waals surface area contributed by atoms with Gasteiger partial charge in [-0.1, -0.05) is 148 Å². The second-order valence-corrected chi connectivity index (χ2v) is 25.1. The number of para-hydroxylation sites is 4. The molecule has 0 aliphatic heterocycles. The average molecular weight is 1120 g/mol. The highest BCUT2D eigenvalue weighted by atomic mass is 15.2. The van der Waals surface area contributed by atoms with Gasteiger partial charge in [0.05, 0.1) is 44.8 Å². The van der Waals surface area contributed by atoms with Gasteiger partial charge in [0.15, 0.2) is 0 Å². The number of rotatable bonds is 12. The molecule has 86 heavy (non-hydrogen) atoms. The molecular weight excluding hydrogens is 1040 g/mol.